The molecule has 3 heterocycles. The van der Waals surface area contributed by atoms with Gasteiger partial charge in [0.25, 0.3) is 0 Å². The molecule has 2 aliphatic heterocycles. The standard InChI is InChI=1S/C22H31N7O3/c23-19-5-9-27(14-17(19)15-30)13-16-1-3-18(4-2-16)29-10-6-20(26-22(29)32)25-21(31)28-11-7-24-8-12-28/h1-4,6,10,17,19,24,30H,5,7-9,11-15,23H2,(H,25,26,31,32). The molecule has 32 heavy (non-hydrogen) atoms. The molecule has 10 nitrogen and oxygen atoms in total. The van der Waals surface area contributed by atoms with Crippen molar-refractivity contribution < 1.29 is 9.90 Å². The number of piperazine rings is 1. The summed E-state index contributed by atoms with van der Waals surface area (Å²) < 4.78 is 1.45. The summed E-state index contributed by atoms with van der Waals surface area (Å²) in [4.78, 5) is 32.8. The summed E-state index contributed by atoms with van der Waals surface area (Å²) >= 11 is 0. The second kappa shape index (κ2) is 10.2. The van der Waals surface area contributed by atoms with Gasteiger partial charge in [-0.3, -0.25) is 14.8 Å². The smallest absolute Gasteiger partial charge is 0.354 e. The monoisotopic (exact) mass is 441 g/mol. The van der Waals surface area contributed by atoms with Crippen molar-refractivity contribution in [1.29, 1.82) is 0 Å². The lowest BCUT2D eigenvalue weighted by Crippen LogP contribution is -2.48. The van der Waals surface area contributed by atoms with Crippen molar-refractivity contribution in [2.24, 2.45) is 11.7 Å². The number of piperidine rings is 1. The number of benzene rings is 1. The van der Waals surface area contributed by atoms with Gasteiger partial charge in [0.2, 0.25) is 0 Å². The van der Waals surface area contributed by atoms with Gasteiger partial charge in [0.15, 0.2) is 0 Å². The third-order valence-electron chi connectivity index (χ3n) is 6.17. The van der Waals surface area contributed by atoms with Gasteiger partial charge in [0, 0.05) is 64.0 Å². The fraction of sp³-hybridized carbons (Fsp3) is 0.500. The number of urea groups is 1. The van der Waals surface area contributed by atoms with Crippen LogP contribution in [0.4, 0.5) is 10.6 Å². The minimum Gasteiger partial charge on any atom is -0.396 e. The lowest BCUT2D eigenvalue weighted by atomic mass is 9.93. The molecule has 0 bridgehead atoms. The molecule has 172 valence electrons. The summed E-state index contributed by atoms with van der Waals surface area (Å²) in [6, 6.07) is 9.19. The molecule has 1 aromatic heterocycles. The Bertz CT molecular complexity index is 972. The molecule has 10 heteroatoms. The maximum absolute atomic E-state index is 12.5. The Morgan fingerprint density at radius 1 is 1.19 bits per heavy atom. The summed E-state index contributed by atoms with van der Waals surface area (Å²) in [5, 5.41) is 15.4. The Balaban J connectivity index is 1.38. The number of aliphatic hydroxyl groups is 1. The minimum atomic E-state index is -0.452. The van der Waals surface area contributed by atoms with Gasteiger partial charge in [-0.15, -0.1) is 0 Å². The van der Waals surface area contributed by atoms with Crippen LogP contribution in [0.5, 0.6) is 0 Å². The highest BCUT2D eigenvalue weighted by molar-refractivity contribution is 5.88. The Labute approximate surface area is 187 Å². The highest BCUT2D eigenvalue weighted by atomic mass is 16.3. The van der Waals surface area contributed by atoms with Gasteiger partial charge in [-0.25, -0.2) is 9.59 Å². The molecule has 4 rings (SSSR count). The SMILES string of the molecule is NC1CCN(Cc2ccc(-n3ccc(NC(=O)N4CCNCC4)nc3=O)cc2)CC1CO. The number of nitrogens with zero attached hydrogens (tertiary/aromatic N) is 4. The zero-order valence-corrected chi connectivity index (χ0v) is 18.1. The predicted molar refractivity (Wildman–Crippen MR) is 122 cm³/mol. The molecule has 2 fully saturated rings. The van der Waals surface area contributed by atoms with Gasteiger partial charge < -0.3 is 21.1 Å². The quantitative estimate of drug-likeness (QED) is 0.506. The van der Waals surface area contributed by atoms with E-state index in [1.54, 1.807) is 17.2 Å². The van der Waals surface area contributed by atoms with Gasteiger partial charge in [0.05, 0.1) is 5.69 Å². The Morgan fingerprint density at radius 2 is 1.94 bits per heavy atom. The second-order valence-corrected chi connectivity index (χ2v) is 8.43. The van der Waals surface area contributed by atoms with Crippen molar-refractivity contribution in [3.05, 3.63) is 52.6 Å². The molecule has 2 aliphatic rings. The first-order valence-corrected chi connectivity index (χ1v) is 11.1. The van der Waals surface area contributed by atoms with Crippen LogP contribution >= 0.6 is 0 Å². The van der Waals surface area contributed by atoms with Crippen LogP contribution in [0, 0.1) is 5.92 Å². The van der Waals surface area contributed by atoms with E-state index >= 15 is 0 Å². The van der Waals surface area contributed by atoms with Crippen LogP contribution in [0.15, 0.2) is 41.3 Å². The number of hydrogen-bond acceptors (Lipinski definition) is 7. The van der Waals surface area contributed by atoms with Gasteiger partial charge in [-0.05, 0) is 36.7 Å². The van der Waals surface area contributed by atoms with Crippen molar-refractivity contribution in [1.82, 2.24) is 24.7 Å². The van der Waals surface area contributed by atoms with E-state index in [0.29, 0.717) is 18.8 Å². The second-order valence-electron chi connectivity index (χ2n) is 8.43. The molecule has 2 amide bonds. The van der Waals surface area contributed by atoms with E-state index in [0.717, 1.165) is 44.7 Å². The first kappa shape index (κ1) is 22.4. The number of carbonyl (C=O) groups excluding carboxylic acids is 1. The van der Waals surface area contributed by atoms with Gasteiger partial charge in [-0.2, -0.15) is 4.98 Å². The van der Waals surface area contributed by atoms with Crippen molar-refractivity contribution in [3.8, 4) is 5.69 Å². The lowest BCUT2D eigenvalue weighted by molar-refractivity contribution is 0.0992. The van der Waals surface area contributed by atoms with Crippen LogP contribution in [0.25, 0.3) is 5.69 Å². The first-order chi connectivity index (χ1) is 15.5. The maximum Gasteiger partial charge on any atom is 0.354 e. The van der Waals surface area contributed by atoms with Crippen LogP contribution in [0.1, 0.15) is 12.0 Å². The third-order valence-corrected chi connectivity index (χ3v) is 6.17. The molecule has 0 radical (unpaired) electrons. The lowest BCUT2D eigenvalue weighted by Gasteiger charge is -2.36. The average molecular weight is 442 g/mol. The van der Waals surface area contributed by atoms with E-state index in [4.69, 9.17) is 5.73 Å². The van der Waals surface area contributed by atoms with Crippen molar-refractivity contribution in [2.75, 3.05) is 51.2 Å². The number of aromatic nitrogens is 2. The van der Waals surface area contributed by atoms with Crippen LogP contribution in [-0.2, 0) is 6.54 Å². The van der Waals surface area contributed by atoms with Gasteiger partial charge in [0.1, 0.15) is 5.82 Å². The molecule has 2 atom stereocenters. The summed E-state index contributed by atoms with van der Waals surface area (Å²) in [6.45, 7) is 5.33. The van der Waals surface area contributed by atoms with Crippen molar-refractivity contribution in [3.63, 3.8) is 0 Å². The highest BCUT2D eigenvalue weighted by Gasteiger charge is 2.26. The molecule has 2 unspecified atom stereocenters. The molecule has 0 saturated carbocycles. The normalized spacial score (nSPS) is 22.0. The fourth-order valence-corrected chi connectivity index (χ4v) is 4.21. The first-order valence-electron chi connectivity index (χ1n) is 11.1. The average Bonchev–Trinajstić information content (AvgIpc) is 2.81. The molecule has 0 spiro atoms. The summed E-state index contributed by atoms with van der Waals surface area (Å²) in [5.41, 5.74) is 7.45. The van der Waals surface area contributed by atoms with E-state index in [-0.39, 0.29) is 30.4 Å². The van der Waals surface area contributed by atoms with Crippen LogP contribution in [-0.4, -0.2) is 82.4 Å². The summed E-state index contributed by atoms with van der Waals surface area (Å²) in [5.74, 6) is 0.353. The van der Waals surface area contributed by atoms with E-state index in [1.807, 2.05) is 24.3 Å². The zero-order valence-electron chi connectivity index (χ0n) is 18.1. The summed E-state index contributed by atoms with van der Waals surface area (Å²) in [6.07, 6.45) is 2.50. The highest BCUT2D eigenvalue weighted by Crippen LogP contribution is 2.18. The number of aliphatic hydroxyl groups excluding tert-OH is 1. The molecule has 5 N–H and O–H groups in total. The predicted octanol–water partition coefficient (Wildman–Crippen LogP) is -0.189. The fourth-order valence-electron chi connectivity index (χ4n) is 4.21. The Morgan fingerprint density at radius 3 is 2.62 bits per heavy atom. The maximum atomic E-state index is 12.5. The molecular formula is C22H31N7O3. The molecule has 1 aromatic carbocycles. The van der Waals surface area contributed by atoms with Crippen molar-refractivity contribution in [2.45, 2.75) is 19.0 Å². The van der Waals surface area contributed by atoms with Crippen molar-refractivity contribution >= 4 is 11.8 Å². The number of likely N-dealkylation sites (tertiary alicyclic amines) is 1. The van der Waals surface area contributed by atoms with Gasteiger partial charge >= 0.3 is 11.7 Å². The van der Waals surface area contributed by atoms with Crippen LogP contribution in [0.3, 0.4) is 0 Å². The van der Waals surface area contributed by atoms with Crippen LogP contribution in [0.2, 0.25) is 0 Å². The zero-order chi connectivity index (χ0) is 22.5. The summed E-state index contributed by atoms with van der Waals surface area (Å²) in [7, 11) is 0. The van der Waals surface area contributed by atoms with Gasteiger partial charge in [-0.1, -0.05) is 12.1 Å². The number of anilines is 1. The van der Waals surface area contributed by atoms with E-state index < -0.39 is 5.69 Å². The molecule has 2 aromatic rings. The Kier molecular flexibility index (Phi) is 7.15. The number of hydrogen-bond donors (Lipinski definition) is 4. The number of rotatable bonds is 5. The molecular weight excluding hydrogens is 410 g/mol. The number of nitrogens with one attached hydrogen (secondary N) is 2. The topological polar surface area (TPSA) is 129 Å². The molecule has 0 aliphatic carbocycles. The third kappa shape index (κ3) is 5.33. The number of nitrogens with two attached hydrogens (primary N) is 1. The van der Waals surface area contributed by atoms with E-state index in [1.165, 1.54) is 4.57 Å². The molecule has 2 saturated heterocycles. The van der Waals surface area contributed by atoms with E-state index in [9.17, 15) is 14.7 Å². The minimum absolute atomic E-state index is 0.0580. The number of carbonyl (C=O) groups is 1. The largest absolute Gasteiger partial charge is 0.396 e. The van der Waals surface area contributed by atoms with Crippen LogP contribution < -0.4 is 22.1 Å². The number of amides is 2. The van der Waals surface area contributed by atoms with E-state index in [2.05, 4.69) is 20.5 Å². The Hall–Kier alpha value is -2.79.